The zero-order valence-corrected chi connectivity index (χ0v) is 16.4. The number of amides is 1. The molecule has 0 spiro atoms. The second-order valence-corrected chi connectivity index (χ2v) is 8.19. The van der Waals surface area contributed by atoms with Gasteiger partial charge in [0.2, 0.25) is 5.91 Å². The van der Waals surface area contributed by atoms with Gasteiger partial charge in [-0.3, -0.25) is 4.79 Å². The molecule has 1 N–H and O–H groups in total. The van der Waals surface area contributed by atoms with Crippen LogP contribution in [0.2, 0.25) is 0 Å². The zero-order chi connectivity index (χ0) is 18.4. The Hall–Kier alpha value is -1.88. The average Bonchev–Trinajstić information content (AvgIpc) is 2.62. The van der Waals surface area contributed by atoms with E-state index in [2.05, 4.69) is 15.3 Å². The summed E-state index contributed by atoms with van der Waals surface area (Å²) in [7, 11) is 0. The molecule has 1 amide bonds. The topological polar surface area (TPSA) is 54.9 Å². The largest absolute Gasteiger partial charge is 0.326 e. The smallest absolute Gasteiger partial charge is 0.224 e. The lowest BCUT2D eigenvalue weighted by atomic mass is 9.86. The monoisotopic (exact) mass is 369 g/mol. The first-order valence-electron chi connectivity index (χ1n) is 9.48. The van der Waals surface area contributed by atoms with Crippen molar-refractivity contribution in [2.45, 2.75) is 68.8 Å². The van der Waals surface area contributed by atoms with Crippen LogP contribution in [-0.2, 0) is 4.79 Å². The van der Waals surface area contributed by atoms with Crippen LogP contribution in [-0.4, -0.2) is 15.9 Å². The lowest BCUT2D eigenvalue weighted by Gasteiger charge is -2.21. The molecule has 0 atom stereocenters. The van der Waals surface area contributed by atoms with Gasteiger partial charge >= 0.3 is 0 Å². The van der Waals surface area contributed by atoms with E-state index in [0.717, 1.165) is 39.5 Å². The van der Waals surface area contributed by atoms with Crippen molar-refractivity contribution in [2.24, 2.45) is 5.92 Å². The van der Waals surface area contributed by atoms with E-state index < -0.39 is 0 Å². The van der Waals surface area contributed by atoms with Gasteiger partial charge in [0.15, 0.2) is 5.16 Å². The normalized spacial score (nSPS) is 15.0. The van der Waals surface area contributed by atoms with Gasteiger partial charge in [0.25, 0.3) is 0 Å². The molecule has 1 aromatic heterocycles. The van der Waals surface area contributed by atoms with E-state index in [1.165, 1.54) is 43.9 Å². The standard InChI is InChI=1S/C21H27N3OS/c1-15-14-16(2)23-21(22-15)26-19-11-9-18(10-12-19)24-20(25)13-8-17-6-4-3-5-7-17/h9-12,14,17H,3-8,13H2,1-2H3,(H,24,25). The van der Waals surface area contributed by atoms with Crippen molar-refractivity contribution >= 4 is 23.4 Å². The van der Waals surface area contributed by atoms with Gasteiger partial charge in [-0.25, -0.2) is 9.97 Å². The van der Waals surface area contributed by atoms with Crippen LogP contribution < -0.4 is 5.32 Å². The second-order valence-electron chi connectivity index (χ2n) is 7.15. The Labute approximate surface area is 160 Å². The van der Waals surface area contributed by atoms with Crippen molar-refractivity contribution in [1.82, 2.24) is 9.97 Å². The van der Waals surface area contributed by atoms with Gasteiger partial charge in [-0.15, -0.1) is 0 Å². The number of hydrogen-bond donors (Lipinski definition) is 1. The van der Waals surface area contributed by atoms with Crippen molar-refractivity contribution in [3.05, 3.63) is 41.7 Å². The van der Waals surface area contributed by atoms with Gasteiger partial charge < -0.3 is 5.32 Å². The molecule has 0 aliphatic heterocycles. The van der Waals surface area contributed by atoms with E-state index >= 15 is 0 Å². The van der Waals surface area contributed by atoms with Gasteiger partial charge in [-0.2, -0.15) is 0 Å². The molecule has 2 aromatic rings. The molecule has 0 saturated heterocycles. The SMILES string of the molecule is Cc1cc(C)nc(Sc2ccc(NC(=O)CCC3CCCCC3)cc2)n1. The van der Waals surface area contributed by atoms with Crippen LogP contribution in [0.25, 0.3) is 0 Å². The molecule has 5 heteroatoms. The third kappa shape index (κ3) is 5.84. The minimum Gasteiger partial charge on any atom is -0.326 e. The number of anilines is 1. The average molecular weight is 370 g/mol. The number of aromatic nitrogens is 2. The summed E-state index contributed by atoms with van der Waals surface area (Å²) in [5, 5.41) is 3.77. The number of hydrogen-bond acceptors (Lipinski definition) is 4. The summed E-state index contributed by atoms with van der Waals surface area (Å²) in [6.07, 6.45) is 8.24. The Balaban J connectivity index is 1.49. The molecular formula is C21H27N3OS. The number of nitrogens with one attached hydrogen (secondary N) is 1. The molecule has 1 aromatic carbocycles. The summed E-state index contributed by atoms with van der Waals surface area (Å²) in [5.74, 6) is 0.861. The zero-order valence-electron chi connectivity index (χ0n) is 15.6. The maximum absolute atomic E-state index is 12.2. The van der Waals surface area contributed by atoms with Crippen molar-refractivity contribution in [3.63, 3.8) is 0 Å². The van der Waals surface area contributed by atoms with E-state index in [4.69, 9.17) is 0 Å². The highest BCUT2D eigenvalue weighted by Crippen LogP contribution is 2.28. The van der Waals surface area contributed by atoms with Crippen LogP contribution in [0.3, 0.4) is 0 Å². The van der Waals surface area contributed by atoms with Crippen LogP contribution in [0.1, 0.15) is 56.3 Å². The molecule has 1 aliphatic rings. The van der Waals surface area contributed by atoms with Gasteiger partial charge in [-0.05, 0) is 68.3 Å². The highest BCUT2D eigenvalue weighted by Gasteiger charge is 2.14. The molecule has 1 saturated carbocycles. The molecule has 26 heavy (non-hydrogen) atoms. The maximum atomic E-state index is 12.2. The van der Waals surface area contributed by atoms with Crippen molar-refractivity contribution in [1.29, 1.82) is 0 Å². The summed E-state index contributed by atoms with van der Waals surface area (Å²) >= 11 is 1.54. The van der Waals surface area contributed by atoms with Crippen LogP contribution in [0.4, 0.5) is 5.69 Å². The summed E-state index contributed by atoms with van der Waals surface area (Å²) in [5.41, 5.74) is 2.80. The second kappa shape index (κ2) is 9.17. The summed E-state index contributed by atoms with van der Waals surface area (Å²) < 4.78 is 0. The minimum atomic E-state index is 0.119. The van der Waals surface area contributed by atoms with Crippen molar-refractivity contribution in [3.8, 4) is 0 Å². The Morgan fingerprint density at radius 1 is 1.08 bits per heavy atom. The Morgan fingerprint density at radius 3 is 2.38 bits per heavy atom. The van der Waals surface area contributed by atoms with E-state index in [9.17, 15) is 4.79 Å². The van der Waals surface area contributed by atoms with E-state index in [1.54, 1.807) is 0 Å². The fraction of sp³-hybridized carbons (Fsp3) is 0.476. The maximum Gasteiger partial charge on any atom is 0.224 e. The Kier molecular flexibility index (Phi) is 6.67. The van der Waals surface area contributed by atoms with Crippen LogP contribution in [0, 0.1) is 19.8 Å². The molecule has 138 valence electrons. The molecule has 1 aliphatic carbocycles. The first-order valence-corrected chi connectivity index (χ1v) is 10.3. The first kappa shape index (κ1) is 18.9. The molecule has 0 bridgehead atoms. The fourth-order valence-corrected chi connectivity index (χ4v) is 4.35. The molecule has 0 radical (unpaired) electrons. The van der Waals surface area contributed by atoms with Crippen molar-refractivity contribution < 1.29 is 4.79 Å². The molecule has 1 fully saturated rings. The van der Waals surface area contributed by atoms with E-state index in [0.29, 0.717) is 6.42 Å². The van der Waals surface area contributed by atoms with Gasteiger partial charge in [-0.1, -0.05) is 32.1 Å². The minimum absolute atomic E-state index is 0.119. The van der Waals surface area contributed by atoms with Gasteiger partial charge in [0.05, 0.1) is 0 Å². The number of carbonyl (C=O) groups is 1. The molecule has 3 rings (SSSR count). The number of carbonyl (C=O) groups excluding carboxylic acids is 1. The lowest BCUT2D eigenvalue weighted by Crippen LogP contribution is -2.14. The Bertz CT molecular complexity index is 719. The molecular weight excluding hydrogens is 342 g/mol. The van der Waals surface area contributed by atoms with Crippen LogP contribution >= 0.6 is 11.8 Å². The predicted octanol–water partition coefficient (Wildman–Crippen LogP) is 5.54. The van der Waals surface area contributed by atoms with E-state index in [-0.39, 0.29) is 5.91 Å². The summed E-state index contributed by atoms with van der Waals surface area (Å²) in [6.45, 7) is 3.95. The van der Waals surface area contributed by atoms with Crippen molar-refractivity contribution in [2.75, 3.05) is 5.32 Å². The fourth-order valence-electron chi connectivity index (χ4n) is 3.49. The first-order chi connectivity index (χ1) is 12.6. The molecule has 0 unspecified atom stereocenters. The number of nitrogens with zero attached hydrogens (tertiary/aromatic N) is 2. The number of aryl methyl sites for hydroxylation is 2. The predicted molar refractivity (Wildman–Crippen MR) is 107 cm³/mol. The Morgan fingerprint density at radius 2 is 1.73 bits per heavy atom. The quantitative estimate of drug-likeness (QED) is 0.679. The highest BCUT2D eigenvalue weighted by molar-refractivity contribution is 7.99. The molecule has 4 nitrogen and oxygen atoms in total. The van der Waals surface area contributed by atoms with Crippen LogP contribution in [0.5, 0.6) is 0 Å². The summed E-state index contributed by atoms with van der Waals surface area (Å²) in [6, 6.07) is 9.87. The third-order valence-electron chi connectivity index (χ3n) is 4.81. The number of benzene rings is 1. The van der Waals surface area contributed by atoms with Crippen LogP contribution in [0.15, 0.2) is 40.4 Å². The number of rotatable bonds is 6. The third-order valence-corrected chi connectivity index (χ3v) is 5.69. The van der Waals surface area contributed by atoms with Gasteiger partial charge in [0, 0.05) is 28.4 Å². The highest BCUT2D eigenvalue weighted by atomic mass is 32.2. The summed E-state index contributed by atoms with van der Waals surface area (Å²) in [4.78, 5) is 22.1. The lowest BCUT2D eigenvalue weighted by molar-refractivity contribution is -0.116. The van der Waals surface area contributed by atoms with Gasteiger partial charge in [0.1, 0.15) is 0 Å². The molecule has 1 heterocycles. The van der Waals surface area contributed by atoms with E-state index in [1.807, 2.05) is 44.2 Å².